The second-order valence-electron chi connectivity index (χ2n) is 8.53. The summed E-state index contributed by atoms with van der Waals surface area (Å²) in [6.07, 6.45) is 10.3. The van der Waals surface area contributed by atoms with Crippen molar-refractivity contribution in [2.45, 2.75) is 39.0 Å². The molecule has 0 radical (unpaired) electrons. The molecule has 3 amide bonds. The fourth-order valence-electron chi connectivity index (χ4n) is 4.10. The van der Waals surface area contributed by atoms with E-state index < -0.39 is 0 Å². The van der Waals surface area contributed by atoms with E-state index >= 15 is 0 Å². The zero-order valence-electron chi connectivity index (χ0n) is 19.1. The van der Waals surface area contributed by atoms with Crippen LogP contribution < -0.4 is 16.0 Å². The van der Waals surface area contributed by atoms with Gasteiger partial charge in [0.2, 0.25) is 0 Å². The Morgan fingerprint density at radius 1 is 1.00 bits per heavy atom. The van der Waals surface area contributed by atoms with Crippen LogP contribution >= 0.6 is 0 Å². The van der Waals surface area contributed by atoms with Gasteiger partial charge in [0.25, 0.3) is 17.7 Å². The van der Waals surface area contributed by atoms with E-state index in [1.807, 2.05) is 6.92 Å². The summed E-state index contributed by atoms with van der Waals surface area (Å²) in [4.78, 5) is 48.2. The lowest BCUT2D eigenvalue weighted by Gasteiger charge is -2.12. The van der Waals surface area contributed by atoms with Crippen LogP contribution in [0.15, 0.2) is 49.1 Å². The molecule has 0 atom stereocenters. The number of hydrogen-bond donors (Lipinski definition) is 4. The molecule has 1 saturated carbocycles. The first-order chi connectivity index (χ1) is 16.5. The molecule has 0 bridgehead atoms. The summed E-state index contributed by atoms with van der Waals surface area (Å²) in [5, 5.41) is 8.40. The lowest BCUT2D eigenvalue weighted by Crippen LogP contribution is -2.26. The van der Waals surface area contributed by atoms with Crippen LogP contribution in [0.5, 0.6) is 0 Å². The number of H-pyrrole nitrogens is 1. The van der Waals surface area contributed by atoms with Crippen molar-refractivity contribution in [3.8, 4) is 0 Å². The van der Waals surface area contributed by atoms with E-state index in [2.05, 4.69) is 30.9 Å². The average molecular weight is 461 g/mol. The first-order valence-corrected chi connectivity index (χ1v) is 11.5. The molecule has 1 aromatic carbocycles. The number of hydrogen-bond acceptors (Lipinski definition) is 5. The fourth-order valence-corrected chi connectivity index (χ4v) is 4.10. The van der Waals surface area contributed by atoms with E-state index in [9.17, 15) is 14.4 Å². The standard InChI is InChI=1S/C25H28N6O3/c1-16-6-7-18(23(32)27-11-10-17-4-2-3-5-17)12-20(16)24(33)30-19-8-9-22(28-13-19)31-25(34)21-14-26-15-29-21/h6-9,12-15,17H,2-5,10-11H2,1H3,(H,26,29)(H,27,32)(H,30,33)(H,28,31,34). The van der Waals surface area contributed by atoms with Crippen molar-refractivity contribution >= 4 is 29.2 Å². The Balaban J connectivity index is 1.34. The van der Waals surface area contributed by atoms with Crippen LogP contribution in [0.4, 0.5) is 11.5 Å². The number of benzene rings is 1. The van der Waals surface area contributed by atoms with Gasteiger partial charge >= 0.3 is 0 Å². The van der Waals surface area contributed by atoms with Gasteiger partial charge in [0.1, 0.15) is 11.5 Å². The van der Waals surface area contributed by atoms with Crippen LogP contribution in [0.3, 0.4) is 0 Å². The van der Waals surface area contributed by atoms with Crippen molar-refractivity contribution in [2.24, 2.45) is 5.92 Å². The summed E-state index contributed by atoms with van der Waals surface area (Å²) in [7, 11) is 0. The monoisotopic (exact) mass is 460 g/mol. The molecule has 0 aliphatic heterocycles. The smallest absolute Gasteiger partial charge is 0.274 e. The van der Waals surface area contributed by atoms with Crippen LogP contribution in [0.2, 0.25) is 0 Å². The molecule has 0 unspecified atom stereocenters. The van der Waals surface area contributed by atoms with Crippen LogP contribution in [0.25, 0.3) is 0 Å². The Morgan fingerprint density at radius 2 is 1.82 bits per heavy atom. The maximum Gasteiger partial charge on any atom is 0.274 e. The van der Waals surface area contributed by atoms with Crippen LogP contribution in [0.1, 0.15) is 68.9 Å². The van der Waals surface area contributed by atoms with Gasteiger partial charge in [-0.15, -0.1) is 0 Å². The average Bonchev–Trinajstić information content (AvgIpc) is 3.55. The quantitative estimate of drug-likeness (QED) is 0.405. The predicted octanol–water partition coefficient (Wildman–Crippen LogP) is 3.93. The molecule has 176 valence electrons. The van der Waals surface area contributed by atoms with Gasteiger partial charge in [0.05, 0.1) is 24.4 Å². The van der Waals surface area contributed by atoms with Crippen molar-refractivity contribution in [2.75, 3.05) is 17.2 Å². The molecule has 0 saturated heterocycles. The molecule has 9 nitrogen and oxygen atoms in total. The fraction of sp³-hybridized carbons (Fsp3) is 0.320. The highest BCUT2D eigenvalue weighted by atomic mass is 16.2. The minimum absolute atomic E-state index is 0.175. The van der Waals surface area contributed by atoms with E-state index in [4.69, 9.17) is 0 Å². The number of aromatic amines is 1. The Bertz CT molecular complexity index is 1150. The Kier molecular flexibility index (Phi) is 7.31. The van der Waals surface area contributed by atoms with E-state index in [1.54, 1.807) is 30.3 Å². The minimum atomic E-state index is -0.365. The SMILES string of the molecule is Cc1ccc(C(=O)NCCC2CCCC2)cc1C(=O)Nc1ccc(NC(=O)c2cnc[nH]2)nc1. The molecule has 1 aliphatic carbocycles. The van der Waals surface area contributed by atoms with Crippen LogP contribution in [-0.4, -0.2) is 39.2 Å². The summed E-state index contributed by atoms with van der Waals surface area (Å²) >= 11 is 0. The van der Waals surface area contributed by atoms with Crippen molar-refractivity contribution in [3.05, 3.63) is 71.4 Å². The highest BCUT2D eigenvalue weighted by Crippen LogP contribution is 2.27. The number of aryl methyl sites for hydroxylation is 1. The number of rotatable bonds is 8. The van der Waals surface area contributed by atoms with Gasteiger partial charge in [-0.3, -0.25) is 14.4 Å². The zero-order chi connectivity index (χ0) is 23.9. The number of nitrogens with one attached hydrogen (secondary N) is 4. The first-order valence-electron chi connectivity index (χ1n) is 11.5. The maximum absolute atomic E-state index is 12.9. The Labute approximate surface area is 197 Å². The summed E-state index contributed by atoms with van der Waals surface area (Å²) in [5.74, 6) is 0.166. The molecular formula is C25H28N6O3. The topological polar surface area (TPSA) is 129 Å². The molecule has 3 aromatic rings. The minimum Gasteiger partial charge on any atom is -0.352 e. The van der Waals surface area contributed by atoms with Gasteiger partial charge in [-0.25, -0.2) is 9.97 Å². The van der Waals surface area contributed by atoms with Gasteiger partial charge in [-0.2, -0.15) is 0 Å². The zero-order valence-corrected chi connectivity index (χ0v) is 19.1. The van der Waals surface area contributed by atoms with Crippen molar-refractivity contribution in [1.29, 1.82) is 0 Å². The summed E-state index contributed by atoms with van der Waals surface area (Å²) in [6, 6.07) is 8.35. The number of aromatic nitrogens is 3. The summed E-state index contributed by atoms with van der Waals surface area (Å²) in [5.41, 5.74) is 2.42. The third kappa shape index (κ3) is 5.86. The molecule has 34 heavy (non-hydrogen) atoms. The lowest BCUT2D eigenvalue weighted by molar-refractivity contribution is 0.0950. The summed E-state index contributed by atoms with van der Waals surface area (Å²) < 4.78 is 0. The predicted molar refractivity (Wildman–Crippen MR) is 129 cm³/mol. The largest absolute Gasteiger partial charge is 0.352 e. The number of pyridine rings is 1. The first kappa shape index (κ1) is 23.2. The van der Waals surface area contributed by atoms with Gasteiger partial charge in [0.15, 0.2) is 0 Å². The number of imidazole rings is 1. The van der Waals surface area contributed by atoms with Crippen molar-refractivity contribution < 1.29 is 14.4 Å². The molecule has 0 spiro atoms. The van der Waals surface area contributed by atoms with Gasteiger partial charge < -0.3 is 20.9 Å². The van der Waals surface area contributed by atoms with E-state index in [0.29, 0.717) is 40.8 Å². The van der Waals surface area contributed by atoms with Crippen LogP contribution in [0, 0.1) is 12.8 Å². The van der Waals surface area contributed by atoms with Crippen molar-refractivity contribution in [3.63, 3.8) is 0 Å². The van der Waals surface area contributed by atoms with Crippen molar-refractivity contribution in [1.82, 2.24) is 20.3 Å². The molecule has 4 N–H and O–H groups in total. The molecule has 1 fully saturated rings. The molecule has 9 heteroatoms. The molecule has 2 heterocycles. The number of anilines is 2. The Morgan fingerprint density at radius 3 is 2.53 bits per heavy atom. The van der Waals surface area contributed by atoms with E-state index in [1.165, 1.54) is 44.4 Å². The lowest BCUT2D eigenvalue weighted by atomic mass is 10.0. The molecule has 4 rings (SSSR count). The second-order valence-corrected chi connectivity index (χ2v) is 8.53. The van der Waals surface area contributed by atoms with E-state index in [0.717, 1.165) is 12.0 Å². The third-order valence-corrected chi connectivity index (χ3v) is 6.06. The summed E-state index contributed by atoms with van der Waals surface area (Å²) in [6.45, 7) is 2.47. The number of amides is 3. The highest BCUT2D eigenvalue weighted by Gasteiger charge is 2.17. The molecule has 1 aliphatic rings. The third-order valence-electron chi connectivity index (χ3n) is 6.06. The van der Waals surface area contributed by atoms with Crippen LogP contribution in [-0.2, 0) is 0 Å². The van der Waals surface area contributed by atoms with Gasteiger partial charge in [-0.1, -0.05) is 31.7 Å². The number of carbonyl (C=O) groups is 3. The number of nitrogens with zero attached hydrogens (tertiary/aromatic N) is 2. The molecular weight excluding hydrogens is 432 g/mol. The van der Waals surface area contributed by atoms with E-state index in [-0.39, 0.29) is 17.7 Å². The number of carbonyl (C=O) groups excluding carboxylic acids is 3. The maximum atomic E-state index is 12.9. The Hall–Kier alpha value is -4.01. The van der Waals surface area contributed by atoms with Gasteiger partial charge in [-0.05, 0) is 49.1 Å². The normalized spacial score (nSPS) is 13.4. The second kappa shape index (κ2) is 10.7. The highest BCUT2D eigenvalue weighted by molar-refractivity contribution is 6.07. The van der Waals surface area contributed by atoms with Gasteiger partial charge in [0, 0.05) is 17.7 Å². The molecule has 2 aromatic heterocycles.